The summed E-state index contributed by atoms with van der Waals surface area (Å²) in [5.41, 5.74) is 0.303. The minimum absolute atomic E-state index is 0.303. The molecule has 0 spiro atoms. The van der Waals surface area contributed by atoms with E-state index in [1.807, 2.05) is 0 Å². The van der Waals surface area contributed by atoms with E-state index in [4.69, 9.17) is 18.0 Å². The molecule has 0 unspecified atom stereocenters. The molecule has 0 fully saturated rings. The standard InChI is InChI=1S/C7H7NOS/c8-7(9)5-3-1-2-4-6(5)10/h1-4,10H,(H2,8,9)/p-2. The zero-order valence-corrected chi connectivity index (χ0v) is 5.94. The van der Waals surface area contributed by atoms with Gasteiger partial charge in [0, 0.05) is 0 Å². The van der Waals surface area contributed by atoms with Crippen molar-refractivity contribution in [2.75, 3.05) is 0 Å². The van der Waals surface area contributed by atoms with Gasteiger partial charge in [0.2, 0.25) is 0 Å². The number of rotatable bonds is 1. The smallest absolute Gasteiger partial charge is 0.0164 e. The molecule has 0 saturated heterocycles. The van der Waals surface area contributed by atoms with Crippen LogP contribution in [0.15, 0.2) is 29.2 Å². The van der Waals surface area contributed by atoms with E-state index in [-0.39, 0.29) is 0 Å². The summed E-state index contributed by atoms with van der Waals surface area (Å²) in [7, 11) is 0. The van der Waals surface area contributed by atoms with Crippen molar-refractivity contribution in [2.45, 2.75) is 4.90 Å². The fourth-order valence-corrected chi connectivity index (χ4v) is 0.894. The highest BCUT2D eigenvalue weighted by molar-refractivity contribution is 7.58. The zero-order valence-electron chi connectivity index (χ0n) is 5.13. The average molecular weight is 151 g/mol. The maximum atomic E-state index is 10.5. The fourth-order valence-electron chi connectivity index (χ4n) is 0.654. The third-order valence-corrected chi connectivity index (χ3v) is 1.49. The Bertz CT molecular complexity index is 260. The Labute approximate surface area is 64.4 Å². The molecule has 10 heavy (non-hydrogen) atoms. The molecule has 1 aromatic carbocycles. The van der Waals surface area contributed by atoms with E-state index in [1.165, 1.54) is 0 Å². The molecule has 52 valence electrons. The van der Waals surface area contributed by atoms with Gasteiger partial charge in [-0.15, -0.1) is 0 Å². The van der Waals surface area contributed by atoms with Crippen LogP contribution in [0.4, 0.5) is 0 Å². The van der Waals surface area contributed by atoms with Gasteiger partial charge in [-0.1, -0.05) is 24.3 Å². The van der Waals surface area contributed by atoms with E-state index in [1.54, 1.807) is 24.3 Å². The largest absolute Gasteiger partial charge is 0.859 e. The lowest BCUT2D eigenvalue weighted by molar-refractivity contribution is -0.214. The summed E-state index contributed by atoms with van der Waals surface area (Å²) in [4.78, 5) is 0.447. The second-order valence-electron chi connectivity index (χ2n) is 1.83. The van der Waals surface area contributed by atoms with Crippen LogP contribution < -0.4 is 5.11 Å². The van der Waals surface area contributed by atoms with Crippen LogP contribution in [0.3, 0.4) is 0 Å². The maximum Gasteiger partial charge on any atom is -0.0164 e. The molecule has 0 bridgehead atoms. The first kappa shape index (κ1) is 7.02. The van der Waals surface area contributed by atoms with Crippen LogP contribution in [0.25, 0.3) is 0 Å². The molecule has 0 saturated carbocycles. The van der Waals surface area contributed by atoms with Gasteiger partial charge in [0.05, 0.1) is 0 Å². The fraction of sp³-hybridized carbons (Fsp3) is 0. The van der Waals surface area contributed by atoms with Crippen LogP contribution in [0, 0.1) is 5.41 Å². The number of nitrogens with one attached hydrogen (secondary N) is 1. The molecular formula is C7H5NOS-2. The van der Waals surface area contributed by atoms with E-state index < -0.39 is 5.90 Å². The molecule has 0 aliphatic carbocycles. The first-order valence-corrected chi connectivity index (χ1v) is 3.14. The molecule has 0 atom stereocenters. The van der Waals surface area contributed by atoms with Crippen molar-refractivity contribution in [3.05, 3.63) is 29.8 Å². The lowest BCUT2D eigenvalue weighted by Crippen LogP contribution is -2.17. The first-order valence-electron chi connectivity index (χ1n) is 2.74. The monoisotopic (exact) mass is 151 g/mol. The molecule has 1 rings (SSSR count). The van der Waals surface area contributed by atoms with Crippen LogP contribution in [0.1, 0.15) is 5.56 Å². The molecule has 0 radical (unpaired) electrons. The van der Waals surface area contributed by atoms with Gasteiger partial charge in [0.25, 0.3) is 0 Å². The normalized spacial score (nSPS) is 9.20. The molecule has 0 aliphatic rings. The molecular weight excluding hydrogens is 146 g/mol. The van der Waals surface area contributed by atoms with Gasteiger partial charge in [-0.05, 0) is 11.5 Å². The van der Waals surface area contributed by atoms with E-state index >= 15 is 0 Å². The van der Waals surface area contributed by atoms with Crippen LogP contribution in [0.5, 0.6) is 0 Å². The molecule has 2 nitrogen and oxygen atoms in total. The summed E-state index contributed by atoms with van der Waals surface area (Å²) >= 11 is 4.79. The lowest BCUT2D eigenvalue weighted by atomic mass is 10.2. The van der Waals surface area contributed by atoms with E-state index in [0.29, 0.717) is 10.5 Å². The van der Waals surface area contributed by atoms with Crippen molar-refractivity contribution in [1.82, 2.24) is 0 Å². The van der Waals surface area contributed by atoms with Gasteiger partial charge in [0.15, 0.2) is 0 Å². The third-order valence-electron chi connectivity index (χ3n) is 1.13. The minimum atomic E-state index is -0.717. The van der Waals surface area contributed by atoms with Crippen molar-refractivity contribution in [2.24, 2.45) is 0 Å². The SMILES string of the molecule is N=C([O-])c1ccccc1[S-]. The molecule has 0 amide bonds. The Morgan fingerprint density at radius 2 is 2.00 bits per heavy atom. The van der Waals surface area contributed by atoms with Gasteiger partial charge in [-0.3, -0.25) is 0 Å². The van der Waals surface area contributed by atoms with E-state index in [2.05, 4.69) is 0 Å². The summed E-state index contributed by atoms with van der Waals surface area (Å²) in [6.45, 7) is 0. The van der Waals surface area contributed by atoms with Crippen molar-refractivity contribution in [1.29, 1.82) is 5.41 Å². The second-order valence-corrected chi connectivity index (χ2v) is 2.27. The van der Waals surface area contributed by atoms with Crippen LogP contribution in [-0.2, 0) is 12.6 Å². The van der Waals surface area contributed by atoms with Gasteiger partial charge in [0.1, 0.15) is 0 Å². The Balaban J connectivity index is 3.15. The Hall–Kier alpha value is -1.09. The van der Waals surface area contributed by atoms with E-state index in [9.17, 15) is 5.11 Å². The maximum absolute atomic E-state index is 10.5. The average Bonchev–Trinajstić information content (AvgIpc) is 1.88. The van der Waals surface area contributed by atoms with Gasteiger partial charge < -0.3 is 23.1 Å². The Kier molecular flexibility index (Phi) is 1.87. The number of hydrogen-bond donors (Lipinski definition) is 1. The van der Waals surface area contributed by atoms with Crippen LogP contribution in [-0.4, -0.2) is 5.90 Å². The van der Waals surface area contributed by atoms with E-state index in [0.717, 1.165) is 0 Å². The molecule has 3 heteroatoms. The Morgan fingerprint density at radius 3 is 2.40 bits per heavy atom. The Morgan fingerprint density at radius 1 is 1.40 bits per heavy atom. The molecule has 0 aromatic heterocycles. The lowest BCUT2D eigenvalue weighted by Gasteiger charge is -2.16. The van der Waals surface area contributed by atoms with Gasteiger partial charge in [-0.25, -0.2) is 0 Å². The predicted molar refractivity (Wildman–Crippen MR) is 38.9 cm³/mol. The molecule has 1 N–H and O–H groups in total. The number of hydrogen-bond acceptors (Lipinski definition) is 3. The van der Waals surface area contributed by atoms with Crippen molar-refractivity contribution < 1.29 is 5.11 Å². The topological polar surface area (TPSA) is 46.9 Å². The molecule has 0 heterocycles. The zero-order chi connectivity index (χ0) is 7.56. The summed E-state index contributed by atoms with van der Waals surface area (Å²) in [5.74, 6) is -0.717. The molecule has 0 aliphatic heterocycles. The second kappa shape index (κ2) is 2.66. The van der Waals surface area contributed by atoms with Crippen molar-refractivity contribution in [3.8, 4) is 0 Å². The summed E-state index contributed by atoms with van der Waals surface area (Å²) in [6, 6.07) is 6.63. The predicted octanol–water partition coefficient (Wildman–Crippen LogP) is 0.278. The summed E-state index contributed by atoms with van der Waals surface area (Å²) in [5, 5.41) is 17.2. The van der Waals surface area contributed by atoms with Crippen molar-refractivity contribution >= 4 is 18.5 Å². The summed E-state index contributed by atoms with van der Waals surface area (Å²) in [6.07, 6.45) is 0. The quantitative estimate of drug-likeness (QED) is 0.356. The number of benzene rings is 1. The van der Waals surface area contributed by atoms with Crippen molar-refractivity contribution in [3.63, 3.8) is 0 Å². The van der Waals surface area contributed by atoms with Crippen LogP contribution >= 0.6 is 0 Å². The van der Waals surface area contributed by atoms with Gasteiger partial charge in [-0.2, -0.15) is 4.90 Å². The highest BCUT2D eigenvalue weighted by Gasteiger charge is 1.86. The van der Waals surface area contributed by atoms with Gasteiger partial charge >= 0.3 is 0 Å². The van der Waals surface area contributed by atoms with Crippen LogP contribution in [0.2, 0.25) is 0 Å². The molecule has 1 aromatic rings. The minimum Gasteiger partial charge on any atom is -0.859 e. The highest BCUT2D eigenvalue weighted by Crippen LogP contribution is 2.05. The third kappa shape index (κ3) is 1.25. The summed E-state index contributed by atoms with van der Waals surface area (Å²) < 4.78 is 0. The first-order chi connectivity index (χ1) is 4.72. The highest BCUT2D eigenvalue weighted by atomic mass is 32.1.